The predicted molar refractivity (Wildman–Crippen MR) is 96.1 cm³/mol. The number of rotatable bonds is 4. The molecule has 3 rings (SSSR count). The highest BCUT2D eigenvalue weighted by atomic mass is 32.1. The average molecular weight is 396 g/mol. The maximum Gasteiger partial charge on any atom is 0.405 e. The van der Waals surface area contributed by atoms with Crippen LogP contribution in [0.25, 0.3) is 10.2 Å². The SMILES string of the molecule is Cc1nn(C)c2sc(C(=O)Nc3ccc(C(=O)NCC(F)(F)F)cc3)cc12. The highest BCUT2D eigenvalue weighted by molar-refractivity contribution is 7.20. The lowest BCUT2D eigenvalue weighted by Crippen LogP contribution is -2.33. The van der Waals surface area contributed by atoms with Crippen molar-refractivity contribution >= 4 is 39.1 Å². The summed E-state index contributed by atoms with van der Waals surface area (Å²) in [5, 5.41) is 9.67. The van der Waals surface area contributed by atoms with Crippen LogP contribution in [-0.4, -0.2) is 34.3 Å². The van der Waals surface area contributed by atoms with Gasteiger partial charge in [0.25, 0.3) is 11.8 Å². The Hall–Kier alpha value is -2.88. The molecule has 2 aromatic heterocycles. The molecule has 3 aromatic rings. The Morgan fingerprint density at radius 2 is 1.85 bits per heavy atom. The van der Waals surface area contributed by atoms with E-state index in [1.807, 2.05) is 6.92 Å². The number of hydrogen-bond donors (Lipinski definition) is 2. The van der Waals surface area contributed by atoms with Crippen LogP contribution in [0.5, 0.6) is 0 Å². The van der Waals surface area contributed by atoms with E-state index in [0.29, 0.717) is 10.6 Å². The molecule has 2 amide bonds. The van der Waals surface area contributed by atoms with Gasteiger partial charge in [0.15, 0.2) is 0 Å². The molecule has 0 saturated carbocycles. The van der Waals surface area contributed by atoms with Crippen LogP contribution in [0.3, 0.4) is 0 Å². The zero-order valence-electron chi connectivity index (χ0n) is 14.3. The molecule has 0 unspecified atom stereocenters. The van der Waals surface area contributed by atoms with Crippen molar-refractivity contribution in [1.82, 2.24) is 15.1 Å². The molecule has 27 heavy (non-hydrogen) atoms. The molecule has 142 valence electrons. The van der Waals surface area contributed by atoms with Crippen molar-refractivity contribution in [3.63, 3.8) is 0 Å². The first-order valence-corrected chi connectivity index (χ1v) is 8.65. The van der Waals surface area contributed by atoms with Gasteiger partial charge in [-0.15, -0.1) is 11.3 Å². The van der Waals surface area contributed by atoms with Crippen LogP contribution in [0.4, 0.5) is 18.9 Å². The fourth-order valence-corrected chi connectivity index (χ4v) is 3.52. The molecule has 0 fully saturated rings. The molecule has 0 bridgehead atoms. The average Bonchev–Trinajstić information content (AvgIpc) is 3.15. The van der Waals surface area contributed by atoms with Crippen molar-refractivity contribution in [3.05, 3.63) is 46.5 Å². The third-order valence-electron chi connectivity index (χ3n) is 3.77. The molecule has 0 atom stereocenters. The van der Waals surface area contributed by atoms with E-state index in [2.05, 4.69) is 10.4 Å². The van der Waals surface area contributed by atoms with Gasteiger partial charge >= 0.3 is 6.18 Å². The zero-order valence-corrected chi connectivity index (χ0v) is 15.2. The molecule has 0 aliphatic heterocycles. The summed E-state index contributed by atoms with van der Waals surface area (Å²) in [6.07, 6.45) is -4.47. The highest BCUT2D eigenvalue weighted by Crippen LogP contribution is 2.28. The summed E-state index contributed by atoms with van der Waals surface area (Å²) in [4.78, 5) is 25.5. The van der Waals surface area contributed by atoms with Crippen LogP contribution in [0.15, 0.2) is 30.3 Å². The minimum absolute atomic E-state index is 0.0702. The summed E-state index contributed by atoms with van der Waals surface area (Å²) < 4.78 is 38.1. The lowest BCUT2D eigenvalue weighted by Gasteiger charge is -2.09. The first-order valence-electron chi connectivity index (χ1n) is 7.83. The smallest absolute Gasteiger partial charge is 0.343 e. The molecule has 0 aliphatic carbocycles. The number of anilines is 1. The number of halogens is 3. The molecular formula is C17H15F3N4O2S. The maximum absolute atomic E-state index is 12.4. The fourth-order valence-electron chi connectivity index (χ4n) is 2.50. The van der Waals surface area contributed by atoms with Gasteiger partial charge in [0.2, 0.25) is 0 Å². The van der Waals surface area contributed by atoms with Gasteiger partial charge in [-0.1, -0.05) is 0 Å². The van der Waals surface area contributed by atoms with E-state index in [1.54, 1.807) is 23.1 Å². The van der Waals surface area contributed by atoms with Crippen LogP contribution in [-0.2, 0) is 7.05 Å². The third-order valence-corrected chi connectivity index (χ3v) is 4.97. The number of hydrogen-bond acceptors (Lipinski definition) is 4. The second kappa shape index (κ2) is 7.03. The van der Waals surface area contributed by atoms with Gasteiger partial charge in [-0.3, -0.25) is 14.3 Å². The molecule has 0 radical (unpaired) electrons. The molecule has 0 aliphatic rings. The Balaban J connectivity index is 1.67. The lowest BCUT2D eigenvalue weighted by atomic mass is 10.2. The molecule has 2 heterocycles. The standard InChI is InChI=1S/C17H15F3N4O2S/c1-9-12-7-13(27-16(12)24(2)23-9)15(26)22-11-5-3-10(4-6-11)14(25)21-8-17(18,19)20/h3-7H,8H2,1-2H3,(H,21,25)(H,22,26). The molecular weight excluding hydrogens is 381 g/mol. The second-order valence-electron chi connectivity index (χ2n) is 5.87. The van der Waals surface area contributed by atoms with E-state index in [1.165, 1.54) is 35.6 Å². The van der Waals surface area contributed by atoms with Gasteiger partial charge in [-0.25, -0.2) is 0 Å². The summed E-state index contributed by atoms with van der Waals surface area (Å²) in [7, 11) is 1.80. The summed E-state index contributed by atoms with van der Waals surface area (Å²) in [6.45, 7) is 0.462. The predicted octanol–water partition coefficient (Wildman–Crippen LogP) is 3.49. The lowest BCUT2D eigenvalue weighted by molar-refractivity contribution is -0.123. The van der Waals surface area contributed by atoms with Crippen molar-refractivity contribution in [2.24, 2.45) is 7.05 Å². The van der Waals surface area contributed by atoms with Crippen molar-refractivity contribution in [2.45, 2.75) is 13.1 Å². The van der Waals surface area contributed by atoms with Crippen molar-refractivity contribution in [2.75, 3.05) is 11.9 Å². The molecule has 6 nitrogen and oxygen atoms in total. The minimum atomic E-state index is -4.47. The number of carbonyl (C=O) groups is 2. The molecule has 1 aromatic carbocycles. The van der Waals surface area contributed by atoms with E-state index in [0.717, 1.165) is 15.9 Å². The van der Waals surface area contributed by atoms with Gasteiger partial charge in [0.1, 0.15) is 11.4 Å². The second-order valence-corrected chi connectivity index (χ2v) is 6.90. The number of thiophene rings is 1. The van der Waals surface area contributed by atoms with Gasteiger partial charge in [0.05, 0.1) is 10.6 Å². The number of nitrogens with one attached hydrogen (secondary N) is 2. The topological polar surface area (TPSA) is 76.0 Å². The zero-order chi connectivity index (χ0) is 19.8. The van der Waals surface area contributed by atoms with Gasteiger partial charge in [-0.2, -0.15) is 18.3 Å². The number of carbonyl (C=O) groups excluding carboxylic acids is 2. The van der Waals surface area contributed by atoms with Gasteiger partial charge < -0.3 is 10.6 Å². The summed E-state index contributed by atoms with van der Waals surface area (Å²) in [5.41, 5.74) is 1.33. The Bertz CT molecular complexity index is 971. The largest absolute Gasteiger partial charge is 0.405 e. The molecule has 0 saturated heterocycles. The van der Waals surface area contributed by atoms with Crippen molar-refractivity contribution in [3.8, 4) is 0 Å². The minimum Gasteiger partial charge on any atom is -0.343 e. The quantitative estimate of drug-likeness (QED) is 0.709. The van der Waals surface area contributed by atoms with Crippen molar-refractivity contribution < 1.29 is 22.8 Å². The first kappa shape index (κ1) is 18.9. The fraction of sp³-hybridized carbons (Fsp3) is 0.235. The number of fused-ring (bicyclic) bond motifs is 1. The summed E-state index contributed by atoms with van der Waals surface area (Å²) >= 11 is 1.31. The van der Waals surface area contributed by atoms with Crippen LogP contribution in [0.1, 0.15) is 25.7 Å². The Morgan fingerprint density at radius 3 is 2.44 bits per heavy atom. The number of aromatic nitrogens is 2. The number of alkyl halides is 3. The van der Waals surface area contributed by atoms with Crippen LogP contribution in [0.2, 0.25) is 0 Å². The number of aryl methyl sites for hydroxylation is 2. The van der Waals surface area contributed by atoms with Gasteiger partial charge in [-0.05, 0) is 37.3 Å². The van der Waals surface area contributed by atoms with E-state index >= 15 is 0 Å². The first-order chi connectivity index (χ1) is 12.6. The Morgan fingerprint density at radius 1 is 1.19 bits per heavy atom. The van der Waals surface area contributed by atoms with E-state index in [-0.39, 0.29) is 11.5 Å². The summed E-state index contributed by atoms with van der Waals surface area (Å²) in [6, 6.07) is 7.37. The van der Waals surface area contributed by atoms with Crippen LogP contribution < -0.4 is 10.6 Å². The van der Waals surface area contributed by atoms with Crippen LogP contribution >= 0.6 is 11.3 Å². The normalized spacial score (nSPS) is 11.6. The number of amides is 2. The highest BCUT2D eigenvalue weighted by Gasteiger charge is 2.27. The van der Waals surface area contributed by atoms with Gasteiger partial charge in [0, 0.05) is 23.7 Å². The van der Waals surface area contributed by atoms with Crippen LogP contribution in [0, 0.1) is 6.92 Å². The van der Waals surface area contributed by atoms with Crippen molar-refractivity contribution in [1.29, 1.82) is 0 Å². The summed E-state index contributed by atoms with van der Waals surface area (Å²) in [5.74, 6) is -1.15. The van der Waals surface area contributed by atoms with E-state index in [9.17, 15) is 22.8 Å². The maximum atomic E-state index is 12.4. The molecule has 10 heteroatoms. The Kier molecular flexibility index (Phi) is 4.92. The monoisotopic (exact) mass is 396 g/mol. The van der Waals surface area contributed by atoms with E-state index < -0.39 is 18.6 Å². The number of nitrogens with zero attached hydrogens (tertiary/aromatic N) is 2. The molecule has 2 N–H and O–H groups in total. The molecule has 0 spiro atoms. The Labute approximate surface area is 156 Å². The number of benzene rings is 1. The third kappa shape index (κ3) is 4.27. The van der Waals surface area contributed by atoms with E-state index in [4.69, 9.17) is 0 Å².